The molecule has 0 bridgehead atoms. The minimum absolute atomic E-state index is 0.0136. The predicted molar refractivity (Wildman–Crippen MR) is 436 cm³/mol. The molecule has 2 unspecified atom stereocenters. The van der Waals surface area contributed by atoms with Crippen LogP contribution in [0.2, 0.25) is 0 Å². The average molecular weight is 1530 g/mol. The number of esters is 4. The van der Waals surface area contributed by atoms with Crippen molar-refractivity contribution in [1.29, 1.82) is 0 Å². The fourth-order valence-electron chi connectivity index (χ4n) is 10.7. The lowest BCUT2D eigenvalue weighted by atomic mass is 10.1. The molecule has 106 heavy (non-hydrogen) atoms. The van der Waals surface area contributed by atoms with E-state index >= 15 is 0 Å². The fraction of sp³-hybridized carbons (Fsp3) is 0.701. The highest BCUT2D eigenvalue weighted by molar-refractivity contribution is 7.47. The summed E-state index contributed by atoms with van der Waals surface area (Å²) in [6.45, 7) is 4.67. The number of aliphatic hydroxyl groups excluding tert-OH is 1. The summed E-state index contributed by atoms with van der Waals surface area (Å²) in [6.07, 6.45) is 88.7. The Morgan fingerprint density at radius 1 is 0.264 bits per heavy atom. The normalized spacial score (nSPS) is 14.5. The molecule has 3 N–H and O–H groups in total. The van der Waals surface area contributed by atoms with E-state index in [-0.39, 0.29) is 25.7 Å². The van der Waals surface area contributed by atoms with E-state index in [1.54, 1.807) is 0 Å². The highest BCUT2D eigenvalue weighted by Gasteiger charge is 2.30. The summed E-state index contributed by atoms with van der Waals surface area (Å²) in [5, 5.41) is 10.7. The summed E-state index contributed by atoms with van der Waals surface area (Å²) in [4.78, 5) is 73.1. The van der Waals surface area contributed by atoms with Gasteiger partial charge in [0, 0.05) is 25.7 Å². The zero-order valence-electron chi connectivity index (χ0n) is 66.6. The monoisotopic (exact) mass is 1530 g/mol. The number of unbranched alkanes of at least 4 members (excludes halogenated alkanes) is 29. The molecule has 0 aliphatic carbocycles. The van der Waals surface area contributed by atoms with Gasteiger partial charge in [0.05, 0.1) is 26.4 Å². The zero-order valence-corrected chi connectivity index (χ0v) is 68.4. The van der Waals surface area contributed by atoms with Crippen LogP contribution in [0.25, 0.3) is 0 Å². The van der Waals surface area contributed by atoms with E-state index in [4.69, 9.17) is 37.0 Å². The van der Waals surface area contributed by atoms with Gasteiger partial charge in [0.15, 0.2) is 12.2 Å². The summed E-state index contributed by atoms with van der Waals surface area (Å²) in [7, 11) is -10.0. The van der Waals surface area contributed by atoms with Gasteiger partial charge >= 0.3 is 39.5 Å². The van der Waals surface area contributed by atoms with Gasteiger partial charge in [-0.25, -0.2) is 9.13 Å². The van der Waals surface area contributed by atoms with Crippen LogP contribution in [0.4, 0.5) is 0 Å². The second kappa shape index (κ2) is 78.3. The molecule has 0 aromatic rings. The molecule has 0 amide bonds. The number of aliphatic hydroxyl groups is 1. The van der Waals surface area contributed by atoms with Crippen molar-refractivity contribution in [3.05, 3.63) is 134 Å². The van der Waals surface area contributed by atoms with Gasteiger partial charge in [-0.15, -0.1) is 0 Å². The topological polar surface area (TPSA) is 237 Å². The molecule has 0 aromatic carbocycles. The number of phosphoric acid groups is 2. The van der Waals surface area contributed by atoms with Crippen LogP contribution in [0.15, 0.2) is 134 Å². The van der Waals surface area contributed by atoms with Crippen molar-refractivity contribution >= 4 is 39.5 Å². The third kappa shape index (κ3) is 77.4. The number of hydrogen-bond donors (Lipinski definition) is 3. The van der Waals surface area contributed by atoms with E-state index in [1.807, 2.05) is 24.3 Å². The van der Waals surface area contributed by atoms with Crippen molar-refractivity contribution in [3.63, 3.8) is 0 Å². The second-order valence-corrected chi connectivity index (χ2v) is 30.3. The highest BCUT2D eigenvalue weighted by atomic mass is 31.2. The van der Waals surface area contributed by atoms with Crippen LogP contribution in [-0.4, -0.2) is 96.7 Å². The lowest BCUT2D eigenvalue weighted by Gasteiger charge is -2.21. The van der Waals surface area contributed by atoms with E-state index < -0.39 is 97.5 Å². The molecule has 19 heteroatoms. The second-order valence-electron chi connectivity index (χ2n) is 27.3. The average Bonchev–Trinajstić information content (AvgIpc) is 0.905. The quantitative estimate of drug-likeness (QED) is 0.0169. The molecular formula is C87H148O17P2. The Kier molecular flexibility index (Phi) is 74.8. The lowest BCUT2D eigenvalue weighted by Crippen LogP contribution is -2.30. The molecule has 0 aromatic heterocycles. The van der Waals surface area contributed by atoms with Crippen LogP contribution < -0.4 is 0 Å². The number of hydrogen-bond acceptors (Lipinski definition) is 15. The predicted octanol–water partition coefficient (Wildman–Crippen LogP) is 24.4. The minimum atomic E-state index is -5.00. The maximum Gasteiger partial charge on any atom is 0.472 e. The van der Waals surface area contributed by atoms with Gasteiger partial charge in [0.2, 0.25) is 0 Å². The molecule has 0 aliphatic heterocycles. The van der Waals surface area contributed by atoms with Gasteiger partial charge in [-0.3, -0.25) is 37.3 Å². The molecule has 0 saturated heterocycles. The van der Waals surface area contributed by atoms with Crippen molar-refractivity contribution in [2.45, 2.75) is 354 Å². The van der Waals surface area contributed by atoms with Gasteiger partial charge in [-0.2, -0.15) is 0 Å². The van der Waals surface area contributed by atoms with Crippen molar-refractivity contribution in [1.82, 2.24) is 0 Å². The molecule has 17 nitrogen and oxygen atoms in total. The van der Waals surface area contributed by atoms with Crippen LogP contribution in [0, 0.1) is 0 Å². The van der Waals surface area contributed by atoms with Crippen LogP contribution in [0.1, 0.15) is 336 Å². The van der Waals surface area contributed by atoms with Crippen LogP contribution in [-0.2, 0) is 65.4 Å². The zero-order chi connectivity index (χ0) is 77.4. The SMILES string of the molecule is CCCCC/C=C\C/C=C\C/C=C\C/C=C\C/C=C\CCC(=O)OC[C@H](COP(=O)(O)OC[C@@H](O)COP(=O)(O)OC[C@@H](COC(=O)CCCCCCC/C=C\CCCCCCCC)OC(=O)CCC/C=C\C/C=C\C/C=C\C/C=C\CCCCC)OC(=O)CCCCCCC/C=C\CCCCCCCC. The number of carbonyl (C=O) groups excluding carboxylic acids is 4. The van der Waals surface area contributed by atoms with Gasteiger partial charge in [-0.1, -0.05) is 290 Å². The molecule has 608 valence electrons. The summed E-state index contributed by atoms with van der Waals surface area (Å²) in [5.74, 6) is -2.35. The maximum atomic E-state index is 13.1. The number of phosphoric ester groups is 2. The summed E-state index contributed by atoms with van der Waals surface area (Å²) in [6, 6.07) is 0. The molecule has 0 fully saturated rings. The Balaban J connectivity index is 5.49. The molecule has 0 spiro atoms. The molecule has 0 saturated carbocycles. The number of rotatable bonds is 77. The van der Waals surface area contributed by atoms with Crippen molar-refractivity contribution < 1.29 is 80.2 Å². The molecule has 5 atom stereocenters. The van der Waals surface area contributed by atoms with E-state index in [2.05, 4.69) is 137 Å². The van der Waals surface area contributed by atoms with Crippen molar-refractivity contribution in [2.24, 2.45) is 0 Å². The summed E-state index contributed by atoms with van der Waals surface area (Å²) >= 11 is 0. The number of ether oxygens (including phenoxy) is 4. The molecule has 0 radical (unpaired) electrons. The third-order valence-electron chi connectivity index (χ3n) is 17.1. The van der Waals surface area contributed by atoms with Gasteiger partial charge in [0.25, 0.3) is 0 Å². The standard InChI is InChI=1S/C87H148O17P2/c1-5-9-13-17-21-25-29-33-37-39-40-42-45-48-52-56-60-64-68-72-85(90)98-78-82(103-86(91)73-69-65-61-57-53-49-44-36-32-28-24-20-16-12-8-4)79-101-105(93,94)99-75-81(88)76-100-106(95,96)102-80-83(77-97-84(89)71-67-63-59-55-51-47-43-35-31-27-23-19-15-11-7-3)104-87(92)74-70-66-62-58-54-50-46-41-38-34-30-26-22-18-14-10-6-2/h21-22,25-26,33-38,40,42-44,46,48,50,52,58,60,62,64,81-83,88H,5-20,23-24,27-32,39,41,45,47,49,51,53-57,59,61,63,65-80H2,1-4H3,(H,93,94)(H,95,96)/b25-21-,26-22-,37-33-,38-34-,42-40-,43-35-,44-36-,50-46-,52-48-,62-58-,64-60-/t81-,82-,83-/m1/s1. The van der Waals surface area contributed by atoms with Gasteiger partial charge in [0.1, 0.15) is 19.3 Å². The van der Waals surface area contributed by atoms with Crippen LogP contribution >= 0.6 is 15.6 Å². The Bertz CT molecular complexity index is 2530. The minimum Gasteiger partial charge on any atom is -0.462 e. The largest absolute Gasteiger partial charge is 0.472 e. The first-order valence-corrected chi connectivity index (χ1v) is 44.4. The smallest absolute Gasteiger partial charge is 0.462 e. The third-order valence-corrected chi connectivity index (χ3v) is 19.0. The van der Waals surface area contributed by atoms with E-state index in [1.165, 1.54) is 116 Å². The van der Waals surface area contributed by atoms with E-state index in [0.717, 1.165) is 128 Å². The molecule has 0 rings (SSSR count). The fourth-order valence-corrected chi connectivity index (χ4v) is 12.3. The van der Waals surface area contributed by atoms with Gasteiger partial charge in [-0.05, 0) is 154 Å². The highest BCUT2D eigenvalue weighted by Crippen LogP contribution is 2.45. The Hall–Kier alpha value is -4.80. The van der Waals surface area contributed by atoms with Gasteiger partial charge < -0.3 is 33.8 Å². The van der Waals surface area contributed by atoms with Crippen molar-refractivity contribution in [2.75, 3.05) is 39.6 Å². The first-order chi connectivity index (χ1) is 51.7. The van der Waals surface area contributed by atoms with Crippen molar-refractivity contribution in [3.8, 4) is 0 Å². The first-order valence-electron chi connectivity index (χ1n) is 41.4. The lowest BCUT2D eigenvalue weighted by molar-refractivity contribution is -0.161. The van der Waals surface area contributed by atoms with Crippen LogP contribution in [0.5, 0.6) is 0 Å². The van der Waals surface area contributed by atoms with Crippen LogP contribution in [0.3, 0.4) is 0 Å². The first kappa shape index (κ1) is 101. The maximum absolute atomic E-state index is 13.1. The molecule has 0 heterocycles. The Labute approximate surface area is 644 Å². The molecular weight excluding hydrogens is 1380 g/mol. The number of carbonyl (C=O) groups is 4. The summed E-state index contributed by atoms with van der Waals surface area (Å²) in [5.41, 5.74) is 0. The molecule has 0 aliphatic rings. The van der Waals surface area contributed by atoms with E-state index in [0.29, 0.717) is 38.5 Å². The number of allylic oxidation sites excluding steroid dienone is 22. The summed E-state index contributed by atoms with van der Waals surface area (Å²) < 4.78 is 68.5. The Morgan fingerprint density at radius 3 is 0.830 bits per heavy atom. The Morgan fingerprint density at radius 2 is 0.491 bits per heavy atom. The van der Waals surface area contributed by atoms with E-state index in [9.17, 15) is 43.2 Å².